The molecule has 0 amide bonds. The van der Waals surface area contributed by atoms with E-state index in [4.69, 9.17) is 18.9 Å². The van der Waals surface area contributed by atoms with Crippen molar-refractivity contribution in [3.63, 3.8) is 0 Å². The van der Waals surface area contributed by atoms with Gasteiger partial charge in [-0.25, -0.2) is 9.59 Å². The lowest BCUT2D eigenvalue weighted by Gasteiger charge is -2.29. The highest BCUT2D eigenvalue weighted by molar-refractivity contribution is 6.19. The van der Waals surface area contributed by atoms with E-state index in [1.807, 2.05) is 6.92 Å². The number of cyclic esters (lactones) is 2. The maximum absolute atomic E-state index is 12.0. The van der Waals surface area contributed by atoms with E-state index >= 15 is 0 Å². The van der Waals surface area contributed by atoms with E-state index < -0.39 is 17.7 Å². The van der Waals surface area contributed by atoms with Gasteiger partial charge in [-0.2, -0.15) is 0 Å². The van der Waals surface area contributed by atoms with E-state index in [1.165, 1.54) is 27.0 Å². The van der Waals surface area contributed by atoms with Gasteiger partial charge in [0.15, 0.2) is 11.5 Å². The molecule has 0 saturated carbocycles. The molecular weight excluding hydrogens is 288 g/mol. The molecule has 0 unspecified atom stereocenters. The number of hydrogen-bond donors (Lipinski definition) is 0. The number of carbonyl (C=O) groups is 2. The van der Waals surface area contributed by atoms with Crippen molar-refractivity contribution in [3.05, 3.63) is 29.3 Å². The third-order valence-corrected chi connectivity index (χ3v) is 2.93. The number of rotatable bonds is 4. The molecule has 1 heterocycles. The Morgan fingerprint density at radius 2 is 1.82 bits per heavy atom. The molecule has 1 aliphatic heterocycles. The first-order valence-corrected chi connectivity index (χ1v) is 6.86. The van der Waals surface area contributed by atoms with Gasteiger partial charge < -0.3 is 18.9 Å². The first-order chi connectivity index (χ1) is 10.4. The SMILES string of the molecule is CCOc1c(C=C2C(=O)OC(C)(C)OC2=O)cccc1OC. The van der Waals surface area contributed by atoms with Gasteiger partial charge in [-0.05, 0) is 19.1 Å². The number of hydrogen-bond acceptors (Lipinski definition) is 6. The molecule has 0 aliphatic carbocycles. The summed E-state index contributed by atoms with van der Waals surface area (Å²) in [5.41, 5.74) is 0.346. The van der Waals surface area contributed by atoms with Gasteiger partial charge in [0.05, 0.1) is 13.7 Å². The zero-order valence-electron chi connectivity index (χ0n) is 13.0. The van der Waals surface area contributed by atoms with E-state index in [0.717, 1.165) is 0 Å². The first-order valence-electron chi connectivity index (χ1n) is 6.86. The van der Waals surface area contributed by atoms with Crippen molar-refractivity contribution in [2.75, 3.05) is 13.7 Å². The highest BCUT2D eigenvalue weighted by Crippen LogP contribution is 2.34. The fraction of sp³-hybridized carbons (Fsp3) is 0.375. The zero-order chi connectivity index (χ0) is 16.3. The van der Waals surface area contributed by atoms with Gasteiger partial charge in [-0.15, -0.1) is 0 Å². The number of ether oxygens (including phenoxy) is 4. The van der Waals surface area contributed by atoms with Crippen molar-refractivity contribution in [2.24, 2.45) is 0 Å². The van der Waals surface area contributed by atoms with Crippen LogP contribution in [0.2, 0.25) is 0 Å². The van der Waals surface area contributed by atoms with Gasteiger partial charge in [-0.1, -0.05) is 12.1 Å². The molecule has 1 aromatic carbocycles. The molecule has 0 atom stereocenters. The molecule has 0 N–H and O–H groups in total. The summed E-state index contributed by atoms with van der Waals surface area (Å²) in [6, 6.07) is 5.17. The van der Waals surface area contributed by atoms with E-state index in [0.29, 0.717) is 23.7 Å². The zero-order valence-corrected chi connectivity index (χ0v) is 13.0. The van der Waals surface area contributed by atoms with Crippen molar-refractivity contribution in [3.8, 4) is 11.5 Å². The van der Waals surface area contributed by atoms with Crippen LogP contribution in [-0.4, -0.2) is 31.4 Å². The quantitative estimate of drug-likeness (QED) is 0.483. The molecule has 0 aromatic heterocycles. The van der Waals surface area contributed by atoms with Gasteiger partial charge >= 0.3 is 11.9 Å². The molecule has 1 aromatic rings. The van der Waals surface area contributed by atoms with Gasteiger partial charge in [0.2, 0.25) is 0 Å². The van der Waals surface area contributed by atoms with Crippen LogP contribution in [0.5, 0.6) is 11.5 Å². The van der Waals surface area contributed by atoms with Crippen LogP contribution in [0.25, 0.3) is 6.08 Å². The summed E-state index contributed by atoms with van der Waals surface area (Å²) in [6.07, 6.45) is 1.38. The van der Waals surface area contributed by atoms with Crippen molar-refractivity contribution in [1.82, 2.24) is 0 Å². The minimum atomic E-state index is -1.26. The highest BCUT2D eigenvalue weighted by Gasteiger charge is 2.39. The second-order valence-corrected chi connectivity index (χ2v) is 5.05. The Hall–Kier alpha value is -2.50. The molecule has 118 valence electrons. The van der Waals surface area contributed by atoms with E-state index in [-0.39, 0.29) is 5.57 Å². The van der Waals surface area contributed by atoms with Gasteiger partial charge in [0, 0.05) is 19.4 Å². The minimum absolute atomic E-state index is 0.187. The van der Waals surface area contributed by atoms with E-state index in [2.05, 4.69) is 0 Å². The topological polar surface area (TPSA) is 71.1 Å². The lowest BCUT2D eigenvalue weighted by atomic mass is 10.1. The highest BCUT2D eigenvalue weighted by atomic mass is 16.7. The molecular formula is C16H18O6. The molecule has 1 aliphatic rings. The fourth-order valence-corrected chi connectivity index (χ4v) is 2.04. The third-order valence-electron chi connectivity index (χ3n) is 2.93. The first kappa shape index (κ1) is 15.9. The number of carbonyl (C=O) groups excluding carboxylic acids is 2. The lowest BCUT2D eigenvalue weighted by molar-refractivity contribution is -0.222. The number of para-hydroxylation sites is 1. The Morgan fingerprint density at radius 1 is 1.18 bits per heavy atom. The smallest absolute Gasteiger partial charge is 0.348 e. The second-order valence-electron chi connectivity index (χ2n) is 5.05. The Morgan fingerprint density at radius 3 is 2.36 bits per heavy atom. The number of methoxy groups -OCH3 is 1. The second kappa shape index (κ2) is 6.09. The number of benzene rings is 1. The Kier molecular flexibility index (Phi) is 4.40. The normalized spacial score (nSPS) is 16.6. The van der Waals surface area contributed by atoms with Crippen LogP contribution >= 0.6 is 0 Å². The Labute approximate surface area is 128 Å². The predicted octanol–water partition coefficient (Wildman–Crippen LogP) is 2.31. The van der Waals surface area contributed by atoms with E-state index in [1.54, 1.807) is 18.2 Å². The minimum Gasteiger partial charge on any atom is -0.493 e. The largest absolute Gasteiger partial charge is 0.493 e. The third kappa shape index (κ3) is 3.21. The maximum atomic E-state index is 12.0. The lowest BCUT2D eigenvalue weighted by Crippen LogP contribution is -2.41. The van der Waals surface area contributed by atoms with Crippen LogP contribution in [-0.2, 0) is 19.1 Å². The van der Waals surface area contributed by atoms with Crippen LogP contribution in [0.15, 0.2) is 23.8 Å². The average Bonchev–Trinajstić information content (AvgIpc) is 2.43. The molecule has 22 heavy (non-hydrogen) atoms. The average molecular weight is 306 g/mol. The summed E-state index contributed by atoms with van der Waals surface area (Å²) in [4.78, 5) is 24.0. The van der Waals surface area contributed by atoms with Crippen LogP contribution in [0.3, 0.4) is 0 Å². The van der Waals surface area contributed by atoms with Gasteiger partial charge in [0.1, 0.15) is 5.57 Å². The summed E-state index contributed by atoms with van der Waals surface area (Å²) in [5.74, 6) is -1.76. The molecule has 1 fully saturated rings. The molecule has 6 heteroatoms. The van der Waals surface area contributed by atoms with Crippen molar-refractivity contribution in [1.29, 1.82) is 0 Å². The van der Waals surface area contributed by atoms with Crippen molar-refractivity contribution < 1.29 is 28.5 Å². The molecule has 0 spiro atoms. The summed E-state index contributed by atoms with van der Waals surface area (Å²) in [7, 11) is 1.51. The van der Waals surface area contributed by atoms with Crippen molar-refractivity contribution in [2.45, 2.75) is 26.6 Å². The summed E-state index contributed by atoms with van der Waals surface area (Å²) in [5, 5.41) is 0. The maximum Gasteiger partial charge on any atom is 0.348 e. The van der Waals surface area contributed by atoms with Crippen LogP contribution < -0.4 is 9.47 Å². The van der Waals surface area contributed by atoms with Crippen molar-refractivity contribution >= 4 is 18.0 Å². The van der Waals surface area contributed by atoms with Crippen LogP contribution in [0.1, 0.15) is 26.3 Å². The molecule has 2 rings (SSSR count). The Bertz CT molecular complexity index is 608. The molecule has 0 bridgehead atoms. The number of esters is 2. The standard InChI is InChI=1S/C16H18O6/c1-5-20-13-10(7-6-8-12(13)19-4)9-11-14(17)21-16(2,3)22-15(11)18/h6-9H,5H2,1-4H3. The van der Waals surface area contributed by atoms with Gasteiger partial charge in [0.25, 0.3) is 5.79 Å². The summed E-state index contributed by atoms with van der Waals surface area (Å²) >= 11 is 0. The summed E-state index contributed by atoms with van der Waals surface area (Å²) < 4.78 is 20.9. The monoisotopic (exact) mass is 306 g/mol. The van der Waals surface area contributed by atoms with Crippen LogP contribution in [0, 0.1) is 0 Å². The molecule has 1 saturated heterocycles. The van der Waals surface area contributed by atoms with Crippen LogP contribution in [0.4, 0.5) is 0 Å². The molecule has 6 nitrogen and oxygen atoms in total. The fourth-order valence-electron chi connectivity index (χ4n) is 2.04. The molecule has 0 radical (unpaired) electrons. The predicted molar refractivity (Wildman–Crippen MR) is 78.4 cm³/mol. The van der Waals surface area contributed by atoms with Gasteiger partial charge in [-0.3, -0.25) is 0 Å². The summed E-state index contributed by atoms with van der Waals surface area (Å²) in [6.45, 7) is 5.24. The van der Waals surface area contributed by atoms with E-state index in [9.17, 15) is 9.59 Å². The Balaban J connectivity index is 2.45.